The first-order valence-electron chi connectivity index (χ1n) is 9.22. The van der Waals surface area contributed by atoms with Crippen molar-refractivity contribution in [1.82, 2.24) is 20.1 Å². The van der Waals surface area contributed by atoms with Crippen molar-refractivity contribution in [1.29, 1.82) is 0 Å². The highest BCUT2D eigenvalue weighted by atomic mass is 19.4. The predicted octanol–water partition coefficient (Wildman–Crippen LogP) is 4.32. The number of pyridine rings is 1. The van der Waals surface area contributed by atoms with E-state index in [2.05, 4.69) is 15.4 Å². The molecule has 0 spiro atoms. The van der Waals surface area contributed by atoms with E-state index in [0.29, 0.717) is 18.4 Å². The molecule has 3 aromatic rings. The summed E-state index contributed by atoms with van der Waals surface area (Å²) in [5.74, 6) is -0.170. The number of aryl methyl sites for hydroxylation is 3. The number of benzene rings is 1. The third kappa shape index (κ3) is 3.74. The van der Waals surface area contributed by atoms with Gasteiger partial charge in [0, 0.05) is 23.5 Å². The molecule has 0 saturated carbocycles. The predicted molar refractivity (Wildman–Crippen MR) is 101 cm³/mol. The number of nitrogens with zero attached hydrogens (tertiary/aromatic N) is 3. The van der Waals surface area contributed by atoms with Crippen LogP contribution in [0.2, 0.25) is 0 Å². The third-order valence-corrected chi connectivity index (χ3v) is 5.10. The Kier molecular flexibility index (Phi) is 4.64. The van der Waals surface area contributed by atoms with Crippen molar-refractivity contribution in [2.45, 2.75) is 38.9 Å². The van der Waals surface area contributed by atoms with Crippen LogP contribution < -0.4 is 5.32 Å². The molecule has 0 bridgehead atoms. The topological polar surface area (TPSA) is 59.8 Å². The number of aromatic nitrogens is 3. The molecule has 0 aliphatic heterocycles. The van der Waals surface area contributed by atoms with Crippen molar-refractivity contribution in [3.8, 4) is 5.69 Å². The van der Waals surface area contributed by atoms with Crippen molar-refractivity contribution in [3.05, 3.63) is 76.4 Å². The Hall–Kier alpha value is -3.16. The average Bonchev–Trinajstić information content (AvgIpc) is 3.23. The van der Waals surface area contributed by atoms with E-state index in [9.17, 15) is 18.0 Å². The molecule has 2 aromatic heterocycles. The summed E-state index contributed by atoms with van der Waals surface area (Å²) in [5, 5.41) is 7.44. The Morgan fingerprint density at radius 1 is 1.21 bits per heavy atom. The summed E-state index contributed by atoms with van der Waals surface area (Å²) >= 11 is 0. The Morgan fingerprint density at radius 2 is 2.00 bits per heavy atom. The number of alkyl halides is 3. The van der Waals surface area contributed by atoms with Gasteiger partial charge in [-0.25, -0.2) is 4.68 Å². The molecule has 1 aromatic carbocycles. The van der Waals surface area contributed by atoms with Crippen LogP contribution in [-0.4, -0.2) is 20.7 Å². The number of halogens is 3. The second-order valence-electron chi connectivity index (χ2n) is 7.26. The molecular formula is C21H19F3N4O. The van der Waals surface area contributed by atoms with E-state index < -0.39 is 11.9 Å². The number of rotatable bonds is 3. The minimum atomic E-state index is -4.52. The summed E-state index contributed by atoms with van der Waals surface area (Å²) < 4.78 is 40.2. The van der Waals surface area contributed by atoms with Crippen molar-refractivity contribution in [3.63, 3.8) is 0 Å². The normalized spacial score (nSPS) is 16.0. The molecule has 150 valence electrons. The highest BCUT2D eigenvalue weighted by Crippen LogP contribution is 2.33. The zero-order valence-corrected chi connectivity index (χ0v) is 15.9. The van der Waals surface area contributed by atoms with Gasteiger partial charge in [-0.2, -0.15) is 18.3 Å². The summed E-state index contributed by atoms with van der Waals surface area (Å²) in [4.78, 5) is 16.1. The van der Waals surface area contributed by atoms with Crippen LogP contribution >= 0.6 is 0 Å². The van der Waals surface area contributed by atoms with Gasteiger partial charge in [0.25, 0.3) is 5.91 Å². The minimum Gasteiger partial charge on any atom is -0.345 e. The lowest BCUT2D eigenvalue weighted by Crippen LogP contribution is -2.27. The number of hydrogen-bond acceptors (Lipinski definition) is 3. The minimum absolute atomic E-state index is 0.170. The zero-order chi connectivity index (χ0) is 20.8. The summed E-state index contributed by atoms with van der Waals surface area (Å²) in [5.41, 5.74) is 3.51. The van der Waals surface area contributed by atoms with Gasteiger partial charge >= 0.3 is 6.18 Å². The molecule has 0 fully saturated rings. The molecule has 0 radical (unpaired) electrons. The molecular weight excluding hydrogens is 381 g/mol. The smallest absolute Gasteiger partial charge is 0.345 e. The van der Waals surface area contributed by atoms with Crippen LogP contribution in [0.4, 0.5) is 13.2 Å². The van der Waals surface area contributed by atoms with E-state index in [1.807, 2.05) is 26.0 Å². The quantitative estimate of drug-likeness (QED) is 0.712. The maximum Gasteiger partial charge on any atom is 0.433 e. The van der Waals surface area contributed by atoms with Gasteiger partial charge in [0.05, 0.1) is 17.4 Å². The lowest BCUT2D eigenvalue weighted by atomic mass is 10.0. The van der Waals surface area contributed by atoms with Crippen LogP contribution in [-0.2, 0) is 12.6 Å². The van der Waals surface area contributed by atoms with Crippen LogP contribution in [0.1, 0.15) is 50.9 Å². The molecule has 1 N–H and O–H groups in total. The maximum atomic E-state index is 12.9. The van der Waals surface area contributed by atoms with Crippen molar-refractivity contribution in [2.75, 3.05) is 0 Å². The highest BCUT2D eigenvalue weighted by Gasteiger charge is 2.33. The van der Waals surface area contributed by atoms with E-state index in [1.54, 1.807) is 12.3 Å². The second-order valence-corrected chi connectivity index (χ2v) is 7.26. The summed E-state index contributed by atoms with van der Waals surface area (Å²) in [6, 6.07) is 7.85. The number of amides is 1. The molecule has 1 amide bonds. The maximum absolute atomic E-state index is 12.9. The molecule has 4 rings (SSSR count). The zero-order valence-electron chi connectivity index (χ0n) is 15.9. The Labute approximate surface area is 165 Å². The summed E-state index contributed by atoms with van der Waals surface area (Å²) in [6.45, 7) is 3.86. The fourth-order valence-electron chi connectivity index (χ4n) is 3.65. The fraction of sp³-hybridized carbons (Fsp3) is 0.286. The molecule has 1 atom stereocenters. The third-order valence-electron chi connectivity index (χ3n) is 5.10. The SMILES string of the molecule is Cc1ccc(C(=O)NC2CCc3nn(-c4ccnc(C(F)(F)F)c4)cc32)c(C)c1. The summed E-state index contributed by atoms with van der Waals surface area (Å²) in [6.07, 6.45) is -0.361. The Morgan fingerprint density at radius 3 is 2.72 bits per heavy atom. The Balaban J connectivity index is 1.57. The van der Waals surface area contributed by atoms with Gasteiger partial charge in [0.1, 0.15) is 5.69 Å². The molecule has 5 nitrogen and oxygen atoms in total. The first kappa shape index (κ1) is 19.2. The average molecular weight is 400 g/mol. The van der Waals surface area contributed by atoms with Crippen molar-refractivity contribution < 1.29 is 18.0 Å². The van der Waals surface area contributed by atoms with Crippen molar-refractivity contribution in [2.24, 2.45) is 0 Å². The number of nitrogens with one attached hydrogen (secondary N) is 1. The number of hydrogen-bond donors (Lipinski definition) is 1. The Bertz CT molecular complexity index is 1090. The molecule has 0 saturated heterocycles. The molecule has 1 aliphatic carbocycles. The standard InChI is InChI=1S/C21H19F3N4O/c1-12-3-4-15(13(2)9-12)20(29)26-17-5-6-18-16(17)11-28(27-18)14-7-8-25-19(10-14)21(22,23)24/h3-4,7-11,17H,5-6H2,1-2H3,(H,26,29). The molecule has 1 aliphatic rings. The largest absolute Gasteiger partial charge is 0.433 e. The van der Waals surface area contributed by atoms with Gasteiger partial charge in [-0.15, -0.1) is 0 Å². The van der Waals surface area contributed by atoms with E-state index in [0.717, 1.165) is 34.6 Å². The number of fused-ring (bicyclic) bond motifs is 1. The molecule has 29 heavy (non-hydrogen) atoms. The molecule has 2 heterocycles. The van der Waals surface area contributed by atoms with Crippen LogP contribution in [0.25, 0.3) is 5.69 Å². The van der Waals surface area contributed by atoms with Gasteiger partial charge in [0.2, 0.25) is 0 Å². The van der Waals surface area contributed by atoms with Gasteiger partial charge in [-0.1, -0.05) is 17.7 Å². The van der Waals surface area contributed by atoms with Gasteiger partial charge in [-0.05, 0) is 50.5 Å². The van der Waals surface area contributed by atoms with Gasteiger partial charge < -0.3 is 5.32 Å². The van der Waals surface area contributed by atoms with E-state index in [1.165, 1.54) is 10.7 Å². The lowest BCUT2D eigenvalue weighted by molar-refractivity contribution is -0.141. The van der Waals surface area contributed by atoms with Gasteiger partial charge in [0.15, 0.2) is 0 Å². The van der Waals surface area contributed by atoms with Gasteiger partial charge in [-0.3, -0.25) is 9.78 Å². The first-order chi connectivity index (χ1) is 13.7. The second kappa shape index (κ2) is 7.02. The highest BCUT2D eigenvalue weighted by molar-refractivity contribution is 5.96. The van der Waals surface area contributed by atoms with E-state index >= 15 is 0 Å². The van der Waals surface area contributed by atoms with E-state index in [4.69, 9.17) is 0 Å². The van der Waals surface area contributed by atoms with Crippen LogP contribution in [0.15, 0.2) is 42.7 Å². The monoisotopic (exact) mass is 400 g/mol. The van der Waals surface area contributed by atoms with Crippen LogP contribution in [0.5, 0.6) is 0 Å². The van der Waals surface area contributed by atoms with Crippen molar-refractivity contribution >= 4 is 5.91 Å². The molecule has 8 heteroatoms. The molecule has 1 unspecified atom stereocenters. The fourth-order valence-corrected chi connectivity index (χ4v) is 3.65. The van der Waals surface area contributed by atoms with Crippen LogP contribution in [0, 0.1) is 13.8 Å². The number of carbonyl (C=O) groups is 1. The lowest BCUT2D eigenvalue weighted by Gasteiger charge is -2.14. The van der Waals surface area contributed by atoms with E-state index in [-0.39, 0.29) is 17.6 Å². The van der Waals surface area contributed by atoms with Crippen LogP contribution in [0.3, 0.4) is 0 Å². The first-order valence-corrected chi connectivity index (χ1v) is 9.22. The number of carbonyl (C=O) groups excluding carboxylic acids is 1. The summed E-state index contributed by atoms with van der Waals surface area (Å²) in [7, 11) is 0.